The van der Waals surface area contributed by atoms with Crippen LogP contribution in [0.5, 0.6) is 0 Å². The monoisotopic (exact) mass is 203 g/mol. The maximum Gasteiger partial charge on any atom is 0.236 e. The number of carbonyl (C=O) groups is 3. The molecule has 0 saturated carbocycles. The van der Waals surface area contributed by atoms with E-state index in [-0.39, 0.29) is 24.7 Å². The molecule has 0 atom stereocenters. The summed E-state index contributed by atoms with van der Waals surface area (Å²) in [5, 5.41) is 0. The predicted molar refractivity (Wildman–Crippen MR) is 51.5 cm³/mol. The first-order valence-electron chi connectivity index (χ1n) is 3.90. The van der Waals surface area contributed by atoms with Gasteiger partial charge in [-0.05, 0) is 6.92 Å². The summed E-state index contributed by atoms with van der Waals surface area (Å²) in [6.45, 7) is 2.86. The molecule has 74 valence electrons. The zero-order chi connectivity index (χ0) is 10.4. The fourth-order valence-electron chi connectivity index (χ4n) is 0.866. The van der Waals surface area contributed by atoms with Gasteiger partial charge in [0.25, 0.3) is 0 Å². The second-order valence-electron chi connectivity index (χ2n) is 2.67. The summed E-state index contributed by atoms with van der Waals surface area (Å²) < 4.78 is 0. The normalized spacial score (nSPS) is 9.46. The minimum absolute atomic E-state index is 0.215. The fraction of sp³-hybridized carbons (Fsp3) is 0.625. The van der Waals surface area contributed by atoms with Crippen molar-refractivity contribution in [3.05, 3.63) is 0 Å². The highest BCUT2D eigenvalue weighted by Gasteiger charge is 2.17. The van der Waals surface area contributed by atoms with Crippen LogP contribution >= 0.6 is 12.6 Å². The smallest absolute Gasteiger partial charge is 0.236 e. The molecule has 0 N–H and O–H groups in total. The van der Waals surface area contributed by atoms with Gasteiger partial charge in [0.05, 0.1) is 6.42 Å². The summed E-state index contributed by atoms with van der Waals surface area (Å²) >= 11 is 3.91. The standard InChI is InChI=1S/C8H13NO3S/c1-6(10)5-8(12)9(3-4-13)7(2)11/h13H,3-5H2,1-2H3. The molecule has 0 aromatic rings. The van der Waals surface area contributed by atoms with E-state index in [4.69, 9.17) is 0 Å². The van der Waals surface area contributed by atoms with Crippen LogP contribution in [-0.2, 0) is 14.4 Å². The van der Waals surface area contributed by atoms with E-state index in [0.29, 0.717) is 5.75 Å². The van der Waals surface area contributed by atoms with E-state index in [1.54, 1.807) is 0 Å². The fourth-order valence-corrected chi connectivity index (χ4v) is 1.07. The zero-order valence-electron chi connectivity index (χ0n) is 7.74. The summed E-state index contributed by atoms with van der Waals surface area (Å²) in [4.78, 5) is 33.8. The van der Waals surface area contributed by atoms with Crippen molar-refractivity contribution in [2.45, 2.75) is 20.3 Å². The number of hydrogen-bond donors (Lipinski definition) is 1. The van der Waals surface area contributed by atoms with Gasteiger partial charge in [-0.2, -0.15) is 12.6 Å². The Bertz CT molecular complexity index is 227. The Morgan fingerprint density at radius 1 is 1.23 bits per heavy atom. The first-order chi connectivity index (χ1) is 5.99. The first kappa shape index (κ1) is 12.2. The number of nitrogens with zero attached hydrogens (tertiary/aromatic N) is 1. The molecular formula is C8H13NO3S. The van der Waals surface area contributed by atoms with Crippen molar-refractivity contribution in [3.8, 4) is 0 Å². The van der Waals surface area contributed by atoms with Crippen LogP contribution in [0.4, 0.5) is 0 Å². The number of carbonyl (C=O) groups excluding carboxylic acids is 3. The number of rotatable bonds is 4. The highest BCUT2D eigenvalue weighted by molar-refractivity contribution is 7.80. The van der Waals surface area contributed by atoms with Crippen molar-refractivity contribution in [3.63, 3.8) is 0 Å². The molecule has 0 radical (unpaired) electrons. The molecule has 2 amide bonds. The van der Waals surface area contributed by atoms with Crippen molar-refractivity contribution in [1.29, 1.82) is 0 Å². The Kier molecular flexibility index (Phi) is 5.37. The van der Waals surface area contributed by atoms with Crippen molar-refractivity contribution >= 4 is 30.2 Å². The molecule has 13 heavy (non-hydrogen) atoms. The van der Waals surface area contributed by atoms with Gasteiger partial charge >= 0.3 is 0 Å². The lowest BCUT2D eigenvalue weighted by atomic mass is 10.3. The van der Waals surface area contributed by atoms with Crippen molar-refractivity contribution in [2.75, 3.05) is 12.3 Å². The molecule has 0 aliphatic rings. The number of hydrogen-bond acceptors (Lipinski definition) is 4. The van der Waals surface area contributed by atoms with Crippen LogP contribution in [0.2, 0.25) is 0 Å². The van der Waals surface area contributed by atoms with Gasteiger partial charge in [-0.15, -0.1) is 0 Å². The van der Waals surface area contributed by atoms with Crippen LogP contribution in [0.3, 0.4) is 0 Å². The third-order valence-corrected chi connectivity index (χ3v) is 1.60. The summed E-state index contributed by atoms with van der Waals surface area (Å²) in [5.41, 5.74) is 0. The summed E-state index contributed by atoms with van der Waals surface area (Å²) in [5.74, 6) is -0.631. The van der Waals surface area contributed by atoms with Gasteiger partial charge in [-0.1, -0.05) is 0 Å². The lowest BCUT2D eigenvalue weighted by Crippen LogP contribution is -2.37. The van der Waals surface area contributed by atoms with Crippen LogP contribution in [0.1, 0.15) is 20.3 Å². The average molecular weight is 203 g/mol. The molecule has 0 heterocycles. The van der Waals surface area contributed by atoms with E-state index in [1.165, 1.54) is 13.8 Å². The molecule has 0 spiro atoms. The molecule has 0 bridgehead atoms. The average Bonchev–Trinajstić information content (AvgIpc) is 1.97. The van der Waals surface area contributed by atoms with Crippen LogP contribution in [0.25, 0.3) is 0 Å². The van der Waals surface area contributed by atoms with E-state index < -0.39 is 5.91 Å². The zero-order valence-corrected chi connectivity index (χ0v) is 8.63. The van der Waals surface area contributed by atoms with E-state index in [0.717, 1.165) is 4.90 Å². The maximum atomic E-state index is 11.2. The summed E-state index contributed by atoms with van der Waals surface area (Å²) in [6.07, 6.45) is -0.215. The Hall–Kier alpha value is -0.840. The van der Waals surface area contributed by atoms with Crippen LogP contribution in [-0.4, -0.2) is 34.8 Å². The largest absolute Gasteiger partial charge is 0.299 e. The number of Topliss-reactive ketones (excluding diaryl/α,β-unsaturated/α-hetero) is 1. The minimum atomic E-state index is -0.450. The predicted octanol–water partition coefficient (Wildman–Crippen LogP) is 0.270. The number of amides is 2. The molecular weight excluding hydrogens is 190 g/mol. The van der Waals surface area contributed by atoms with Gasteiger partial charge in [0.1, 0.15) is 5.78 Å². The molecule has 4 nitrogen and oxygen atoms in total. The Morgan fingerprint density at radius 3 is 2.08 bits per heavy atom. The molecule has 0 aliphatic heterocycles. The maximum absolute atomic E-state index is 11.2. The van der Waals surface area contributed by atoms with Gasteiger partial charge in [0.15, 0.2) is 0 Å². The molecule has 0 rings (SSSR count). The topological polar surface area (TPSA) is 54.5 Å². The van der Waals surface area contributed by atoms with Crippen LogP contribution < -0.4 is 0 Å². The van der Waals surface area contributed by atoms with Gasteiger partial charge in [-0.3, -0.25) is 19.3 Å². The third kappa shape index (κ3) is 4.67. The van der Waals surface area contributed by atoms with Crippen molar-refractivity contribution in [1.82, 2.24) is 4.90 Å². The molecule has 5 heteroatoms. The summed E-state index contributed by atoms with van der Waals surface area (Å²) in [7, 11) is 0. The van der Waals surface area contributed by atoms with Gasteiger partial charge in [0, 0.05) is 19.2 Å². The van der Waals surface area contributed by atoms with Gasteiger partial charge in [0.2, 0.25) is 11.8 Å². The number of ketones is 1. The second-order valence-corrected chi connectivity index (χ2v) is 3.11. The van der Waals surface area contributed by atoms with Crippen LogP contribution in [0, 0.1) is 0 Å². The highest BCUT2D eigenvalue weighted by atomic mass is 32.1. The Labute approximate surface area is 82.7 Å². The molecule has 0 aromatic carbocycles. The molecule has 0 saturated heterocycles. The van der Waals surface area contributed by atoms with Crippen LogP contribution in [0.15, 0.2) is 0 Å². The van der Waals surface area contributed by atoms with E-state index in [9.17, 15) is 14.4 Å². The third-order valence-electron chi connectivity index (χ3n) is 1.40. The molecule has 0 unspecified atom stereocenters. The quantitative estimate of drug-likeness (QED) is 0.527. The summed E-state index contributed by atoms with van der Waals surface area (Å²) in [6, 6.07) is 0. The highest BCUT2D eigenvalue weighted by Crippen LogP contribution is 1.97. The minimum Gasteiger partial charge on any atom is -0.299 e. The molecule has 0 aliphatic carbocycles. The lowest BCUT2D eigenvalue weighted by molar-refractivity contribution is -0.144. The molecule has 0 aromatic heterocycles. The van der Waals surface area contributed by atoms with Gasteiger partial charge in [-0.25, -0.2) is 0 Å². The van der Waals surface area contributed by atoms with E-state index >= 15 is 0 Å². The number of thiol groups is 1. The Morgan fingerprint density at radius 2 is 1.77 bits per heavy atom. The van der Waals surface area contributed by atoms with Crippen molar-refractivity contribution in [2.24, 2.45) is 0 Å². The second kappa shape index (κ2) is 5.75. The van der Waals surface area contributed by atoms with Gasteiger partial charge < -0.3 is 0 Å². The molecule has 0 fully saturated rings. The van der Waals surface area contributed by atoms with Crippen molar-refractivity contribution < 1.29 is 14.4 Å². The number of imide groups is 1. The van der Waals surface area contributed by atoms with E-state index in [2.05, 4.69) is 12.6 Å². The first-order valence-corrected chi connectivity index (χ1v) is 4.53. The van der Waals surface area contributed by atoms with E-state index in [1.807, 2.05) is 0 Å². The Balaban J connectivity index is 4.28. The SMILES string of the molecule is CC(=O)CC(=O)N(CCS)C(C)=O. The lowest BCUT2D eigenvalue weighted by Gasteiger charge is -2.16.